The number of nitrogens with zero attached hydrogens (tertiary/aromatic N) is 1. The molecule has 0 aliphatic heterocycles. The van der Waals surface area contributed by atoms with Gasteiger partial charge in [0.1, 0.15) is 0 Å². The van der Waals surface area contributed by atoms with E-state index in [4.69, 9.17) is 10.4 Å². The molecule has 0 amide bonds. The Labute approximate surface area is 124 Å². The molecule has 5 nitrogen and oxygen atoms in total. The lowest BCUT2D eigenvalue weighted by Crippen LogP contribution is -2.27. The summed E-state index contributed by atoms with van der Waals surface area (Å²) in [5, 5.41) is 17.5. The summed E-state index contributed by atoms with van der Waals surface area (Å²) in [6.07, 6.45) is 0.715. The van der Waals surface area contributed by atoms with Crippen LogP contribution in [0.4, 0.5) is 0 Å². The summed E-state index contributed by atoms with van der Waals surface area (Å²) in [5.41, 5.74) is 0.894. The molecule has 0 spiro atoms. The summed E-state index contributed by atoms with van der Waals surface area (Å²) in [6, 6.07) is 8.67. The molecule has 0 atom stereocenters. The van der Waals surface area contributed by atoms with Gasteiger partial charge in [-0.3, -0.25) is 0 Å². The molecule has 0 radical (unpaired) electrons. The zero-order valence-corrected chi connectivity index (χ0v) is 12.7. The van der Waals surface area contributed by atoms with Gasteiger partial charge in [0, 0.05) is 18.9 Å². The Bertz CT molecular complexity index is 553. The molecule has 0 aliphatic carbocycles. The molecule has 0 aliphatic rings. The van der Waals surface area contributed by atoms with Crippen LogP contribution in [0.25, 0.3) is 0 Å². The number of sulfonamides is 1. The number of nitrogens with one attached hydrogen (secondary N) is 1. The van der Waals surface area contributed by atoms with Gasteiger partial charge in [0.15, 0.2) is 0 Å². The van der Waals surface area contributed by atoms with Crippen LogP contribution in [-0.4, -0.2) is 38.2 Å². The van der Waals surface area contributed by atoms with E-state index in [1.807, 2.05) is 6.07 Å². The van der Waals surface area contributed by atoms with Gasteiger partial charge in [-0.2, -0.15) is 17.0 Å². The molecular formula is C13H18N2O3S2. The number of benzene rings is 1. The van der Waals surface area contributed by atoms with Gasteiger partial charge in [-0.25, -0.2) is 13.1 Å². The monoisotopic (exact) mass is 314 g/mol. The van der Waals surface area contributed by atoms with E-state index in [1.54, 1.807) is 36.0 Å². The fraction of sp³-hybridized carbons (Fsp3) is 0.462. The molecule has 0 bridgehead atoms. The average Bonchev–Trinajstić information content (AvgIpc) is 2.43. The molecule has 110 valence electrons. The van der Waals surface area contributed by atoms with Crippen molar-refractivity contribution < 1.29 is 13.5 Å². The number of thioether (sulfide) groups is 1. The highest BCUT2D eigenvalue weighted by atomic mass is 32.2. The zero-order valence-electron chi connectivity index (χ0n) is 11.1. The normalized spacial score (nSPS) is 11.2. The number of nitriles is 1. The molecule has 0 heterocycles. The molecule has 0 saturated carbocycles. The minimum absolute atomic E-state index is 0.156. The van der Waals surface area contributed by atoms with E-state index in [1.165, 1.54) is 0 Å². The van der Waals surface area contributed by atoms with Crippen LogP contribution in [0.1, 0.15) is 17.5 Å². The number of aliphatic hydroxyl groups is 1. The van der Waals surface area contributed by atoms with Crippen LogP contribution < -0.4 is 4.72 Å². The quantitative estimate of drug-likeness (QED) is 0.666. The first kappa shape index (κ1) is 17.0. The Kier molecular flexibility index (Phi) is 7.62. The molecule has 1 aromatic rings. The maximum Gasteiger partial charge on any atom is 0.215 e. The SMILES string of the molecule is N#Cc1ccccc1CS(=O)(=O)NCCSCCCO. The van der Waals surface area contributed by atoms with Crippen molar-refractivity contribution in [3.8, 4) is 6.07 Å². The number of aliphatic hydroxyl groups excluding tert-OH is 1. The van der Waals surface area contributed by atoms with Crippen LogP contribution in [0.5, 0.6) is 0 Å². The lowest BCUT2D eigenvalue weighted by Gasteiger charge is -2.07. The third kappa shape index (κ3) is 6.39. The number of hydrogen-bond acceptors (Lipinski definition) is 5. The molecule has 0 unspecified atom stereocenters. The van der Waals surface area contributed by atoms with Crippen LogP contribution in [-0.2, 0) is 15.8 Å². The van der Waals surface area contributed by atoms with Gasteiger partial charge in [-0.15, -0.1) is 0 Å². The predicted molar refractivity (Wildman–Crippen MR) is 80.8 cm³/mol. The van der Waals surface area contributed by atoms with Crippen molar-refractivity contribution in [3.05, 3.63) is 35.4 Å². The largest absolute Gasteiger partial charge is 0.396 e. The summed E-state index contributed by atoms with van der Waals surface area (Å²) in [5.74, 6) is 1.30. The zero-order chi connectivity index (χ0) is 14.8. The van der Waals surface area contributed by atoms with Crippen molar-refractivity contribution in [1.29, 1.82) is 5.26 Å². The van der Waals surface area contributed by atoms with Gasteiger partial charge in [0.2, 0.25) is 10.0 Å². The summed E-state index contributed by atoms with van der Waals surface area (Å²) < 4.78 is 26.3. The van der Waals surface area contributed by atoms with Crippen molar-refractivity contribution in [2.24, 2.45) is 0 Å². The standard InChI is InChI=1S/C13H18N2O3S2/c14-10-12-4-1-2-5-13(12)11-20(17,18)15-6-9-19-8-3-7-16/h1-2,4-5,15-16H,3,6-9,11H2. The third-order valence-electron chi connectivity index (χ3n) is 2.50. The summed E-state index contributed by atoms with van der Waals surface area (Å²) in [4.78, 5) is 0. The minimum Gasteiger partial charge on any atom is -0.396 e. The van der Waals surface area contributed by atoms with Crippen molar-refractivity contribution in [3.63, 3.8) is 0 Å². The molecule has 20 heavy (non-hydrogen) atoms. The Hall–Kier alpha value is -1.07. The van der Waals surface area contributed by atoms with Gasteiger partial charge >= 0.3 is 0 Å². The molecule has 2 N–H and O–H groups in total. The number of hydrogen-bond donors (Lipinski definition) is 2. The van der Waals surface area contributed by atoms with Gasteiger partial charge in [-0.05, 0) is 23.8 Å². The summed E-state index contributed by atoms with van der Waals surface area (Å²) in [7, 11) is -3.42. The highest BCUT2D eigenvalue weighted by molar-refractivity contribution is 7.99. The van der Waals surface area contributed by atoms with Crippen molar-refractivity contribution in [1.82, 2.24) is 4.72 Å². The summed E-state index contributed by atoms with van der Waals surface area (Å²) >= 11 is 1.59. The molecule has 0 saturated heterocycles. The Morgan fingerprint density at radius 1 is 1.30 bits per heavy atom. The number of rotatable bonds is 9. The predicted octanol–water partition coefficient (Wildman–Crippen LogP) is 1.09. The third-order valence-corrected chi connectivity index (χ3v) is 4.90. The highest BCUT2D eigenvalue weighted by Gasteiger charge is 2.13. The van der Waals surface area contributed by atoms with Crippen LogP contribution in [0, 0.1) is 11.3 Å². The first-order valence-electron chi connectivity index (χ1n) is 6.23. The van der Waals surface area contributed by atoms with E-state index in [0.29, 0.717) is 29.8 Å². The van der Waals surface area contributed by atoms with Gasteiger partial charge in [0.25, 0.3) is 0 Å². The lowest BCUT2D eigenvalue weighted by molar-refractivity contribution is 0.296. The van der Waals surface area contributed by atoms with Crippen LogP contribution >= 0.6 is 11.8 Å². The molecule has 0 fully saturated rings. The van der Waals surface area contributed by atoms with E-state index in [-0.39, 0.29) is 12.4 Å². The summed E-state index contributed by atoms with van der Waals surface area (Å²) in [6.45, 7) is 0.511. The molecular weight excluding hydrogens is 296 g/mol. The van der Waals surface area contributed by atoms with Gasteiger partial charge < -0.3 is 5.11 Å². The van der Waals surface area contributed by atoms with Crippen molar-refractivity contribution in [2.45, 2.75) is 12.2 Å². The van der Waals surface area contributed by atoms with Crippen LogP contribution in [0.3, 0.4) is 0 Å². The molecule has 7 heteroatoms. The van der Waals surface area contributed by atoms with E-state index < -0.39 is 10.0 Å². The van der Waals surface area contributed by atoms with E-state index in [2.05, 4.69) is 4.72 Å². The topological polar surface area (TPSA) is 90.2 Å². The van der Waals surface area contributed by atoms with Crippen LogP contribution in [0.15, 0.2) is 24.3 Å². The van der Waals surface area contributed by atoms with Crippen molar-refractivity contribution >= 4 is 21.8 Å². The van der Waals surface area contributed by atoms with Gasteiger partial charge in [-0.1, -0.05) is 18.2 Å². The Morgan fingerprint density at radius 3 is 2.75 bits per heavy atom. The smallest absolute Gasteiger partial charge is 0.215 e. The second-order valence-electron chi connectivity index (χ2n) is 4.11. The molecule has 0 aromatic heterocycles. The maximum absolute atomic E-state index is 11.9. The fourth-order valence-electron chi connectivity index (χ4n) is 1.55. The van der Waals surface area contributed by atoms with Gasteiger partial charge in [0.05, 0.1) is 17.4 Å². The van der Waals surface area contributed by atoms with Crippen LogP contribution in [0.2, 0.25) is 0 Å². The van der Waals surface area contributed by atoms with E-state index in [9.17, 15) is 8.42 Å². The Morgan fingerprint density at radius 2 is 2.05 bits per heavy atom. The highest BCUT2D eigenvalue weighted by Crippen LogP contribution is 2.11. The van der Waals surface area contributed by atoms with E-state index in [0.717, 1.165) is 5.75 Å². The van der Waals surface area contributed by atoms with E-state index >= 15 is 0 Å². The second kappa shape index (κ2) is 8.97. The average molecular weight is 314 g/mol. The lowest BCUT2D eigenvalue weighted by atomic mass is 10.1. The first-order chi connectivity index (χ1) is 9.59. The second-order valence-corrected chi connectivity index (χ2v) is 7.14. The van der Waals surface area contributed by atoms with Crippen molar-refractivity contribution in [2.75, 3.05) is 24.7 Å². The Balaban J connectivity index is 2.44. The first-order valence-corrected chi connectivity index (χ1v) is 9.03. The minimum atomic E-state index is -3.42. The maximum atomic E-state index is 11.9. The fourth-order valence-corrected chi connectivity index (χ4v) is 3.64. The molecule has 1 aromatic carbocycles. The molecule has 1 rings (SSSR count).